The summed E-state index contributed by atoms with van der Waals surface area (Å²) in [5.41, 5.74) is 0.128. The van der Waals surface area contributed by atoms with E-state index in [1.165, 1.54) is 0 Å². The summed E-state index contributed by atoms with van der Waals surface area (Å²) in [6, 6.07) is 0. The molecule has 1 aromatic heterocycles. The molecule has 1 aromatic rings. The zero-order valence-corrected chi connectivity index (χ0v) is 10.5. The lowest BCUT2D eigenvalue weighted by molar-refractivity contribution is -0.173. The number of rotatable bonds is 4. The van der Waals surface area contributed by atoms with Gasteiger partial charge in [-0.15, -0.1) is 0 Å². The highest BCUT2D eigenvalue weighted by molar-refractivity contribution is 9.10. The summed E-state index contributed by atoms with van der Waals surface area (Å²) in [6.07, 6.45) is -4.21. The molecule has 0 aliphatic carbocycles. The number of alkyl halides is 3. The molecule has 0 spiro atoms. The van der Waals surface area contributed by atoms with Gasteiger partial charge in [0, 0.05) is 6.42 Å². The van der Waals surface area contributed by atoms with E-state index in [1.54, 1.807) is 6.92 Å². The predicted molar refractivity (Wildman–Crippen MR) is 57.9 cm³/mol. The van der Waals surface area contributed by atoms with Crippen LogP contribution in [0, 0.1) is 6.92 Å². The molecule has 1 heterocycles. The third-order valence-corrected chi connectivity index (χ3v) is 2.76. The van der Waals surface area contributed by atoms with Crippen LogP contribution in [0.5, 0.6) is 0 Å². The molecule has 0 radical (unpaired) electrons. The number of aromatic nitrogens is 2. The molecular formula is C9H10BrF3N2O2. The Balaban J connectivity index is 2.51. The molecule has 4 nitrogen and oxygen atoms in total. The van der Waals surface area contributed by atoms with Crippen molar-refractivity contribution in [1.82, 2.24) is 9.97 Å². The quantitative estimate of drug-likeness (QED) is 0.864. The Kier molecular flexibility index (Phi) is 4.70. The lowest BCUT2D eigenvalue weighted by atomic mass is 10.4. The normalized spacial score (nSPS) is 11.8. The van der Waals surface area contributed by atoms with Crippen LogP contribution in [0.15, 0.2) is 9.27 Å². The average molecular weight is 315 g/mol. The first kappa shape index (κ1) is 14.2. The van der Waals surface area contributed by atoms with Crippen LogP contribution < -0.4 is 5.56 Å². The second-order valence-corrected chi connectivity index (χ2v) is 4.12. The third kappa shape index (κ3) is 4.86. The van der Waals surface area contributed by atoms with Crippen LogP contribution in [-0.2, 0) is 11.2 Å². The molecule has 1 rings (SSSR count). The number of nitrogens with zero attached hydrogens (tertiary/aromatic N) is 1. The second-order valence-electron chi connectivity index (χ2n) is 3.33. The molecule has 0 saturated carbocycles. The van der Waals surface area contributed by atoms with E-state index in [0.29, 0.717) is 16.0 Å². The van der Waals surface area contributed by atoms with Gasteiger partial charge >= 0.3 is 6.18 Å². The monoisotopic (exact) mass is 314 g/mol. The maximum atomic E-state index is 11.8. The molecule has 0 amide bonds. The van der Waals surface area contributed by atoms with Crippen LogP contribution in [0.3, 0.4) is 0 Å². The fourth-order valence-electron chi connectivity index (χ4n) is 1.10. The lowest BCUT2D eigenvalue weighted by Gasteiger charge is -2.07. The average Bonchev–Trinajstić information content (AvgIpc) is 2.19. The maximum absolute atomic E-state index is 11.8. The Morgan fingerprint density at radius 1 is 1.47 bits per heavy atom. The summed E-state index contributed by atoms with van der Waals surface area (Å²) in [7, 11) is 0. The number of halogens is 4. The highest BCUT2D eigenvalue weighted by Gasteiger charge is 2.27. The fraction of sp³-hybridized carbons (Fsp3) is 0.556. The molecule has 1 N–H and O–H groups in total. The Morgan fingerprint density at radius 2 is 2.12 bits per heavy atom. The van der Waals surface area contributed by atoms with Gasteiger partial charge in [0.15, 0.2) is 0 Å². The van der Waals surface area contributed by atoms with Gasteiger partial charge in [0.25, 0.3) is 5.56 Å². The standard InChI is InChI=1S/C9H10BrF3N2O2/c1-5-7(10)8(16)15-6(14-5)2-3-17-4-9(11,12)13/h2-4H2,1H3,(H,14,15,16). The van der Waals surface area contributed by atoms with Crippen molar-refractivity contribution >= 4 is 15.9 Å². The fourth-order valence-corrected chi connectivity index (χ4v) is 1.29. The van der Waals surface area contributed by atoms with Gasteiger partial charge in [-0.3, -0.25) is 4.79 Å². The zero-order valence-electron chi connectivity index (χ0n) is 8.90. The number of hydrogen-bond acceptors (Lipinski definition) is 3. The second kappa shape index (κ2) is 5.63. The van der Waals surface area contributed by atoms with Crippen LogP contribution in [0.2, 0.25) is 0 Å². The number of H-pyrrole nitrogens is 1. The number of aromatic amines is 1. The van der Waals surface area contributed by atoms with E-state index in [0.717, 1.165) is 0 Å². The molecule has 0 aromatic carbocycles. The number of nitrogens with one attached hydrogen (secondary N) is 1. The van der Waals surface area contributed by atoms with Crippen molar-refractivity contribution in [2.75, 3.05) is 13.2 Å². The molecule has 0 bridgehead atoms. The number of hydrogen-bond donors (Lipinski definition) is 1. The van der Waals surface area contributed by atoms with E-state index in [2.05, 4.69) is 30.6 Å². The van der Waals surface area contributed by atoms with Crippen molar-refractivity contribution in [3.8, 4) is 0 Å². The van der Waals surface area contributed by atoms with Gasteiger partial charge in [0.05, 0.1) is 12.3 Å². The van der Waals surface area contributed by atoms with Gasteiger partial charge in [-0.05, 0) is 22.9 Å². The van der Waals surface area contributed by atoms with Crippen molar-refractivity contribution in [3.05, 3.63) is 26.3 Å². The van der Waals surface area contributed by atoms with E-state index in [4.69, 9.17) is 0 Å². The molecule has 0 fully saturated rings. The van der Waals surface area contributed by atoms with Gasteiger partial charge in [-0.2, -0.15) is 13.2 Å². The highest BCUT2D eigenvalue weighted by atomic mass is 79.9. The Hall–Kier alpha value is -0.890. The highest BCUT2D eigenvalue weighted by Crippen LogP contribution is 2.14. The molecular weight excluding hydrogens is 305 g/mol. The summed E-state index contributed by atoms with van der Waals surface area (Å²) < 4.78 is 40.0. The Bertz CT molecular complexity index is 445. The molecule has 96 valence electrons. The Morgan fingerprint density at radius 3 is 2.65 bits per heavy atom. The summed E-state index contributed by atoms with van der Waals surface area (Å²) in [5, 5.41) is 0. The molecule has 0 saturated heterocycles. The summed E-state index contributed by atoms with van der Waals surface area (Å²) in [5.74, 6) is 0.304. The van der Waals surface area contributed by atoms with E-state index >= 15 is 0 Å². The summed E-state index contributed by atoms with van der Waals surface area (Å²) in [4.78, 5) is 17.7. The molecule has 0 atom stereocenters. The summed E-state index contributed by atoms with van der Waals surface area (Å²) >= 11 is 3.03. The van der Waals surface area contributed by atoms with Gasteiger partial charge < -0.3 is 9.72 Å². The molecule has 0 aliphatic rings. The van der Waals surface area contributed by atoms with Crippen LogP contribution in [0.1, 0.15) is 11.5 Å². The van der Waals surface area contributed by atoms with Gasteiger partial charge in [0.2, 0.25) is 0 Å². The third-order valence-electron chi connectivity index (χ3n) is 1.83. The van der Waals surface area contributed by atoms with Crippen LogP contribution in [0.4, 0.5) is 13.2 Å². The topological polar surface area (TPSA) is 55.0 Å². The van der Waals surface area contributed by atoms with Crippen molar-refractivity contribution in [3.63, 3.8) is 0 Å². The molecule has 0 aliphatic heterocycles. The minimum atomic E-state index is -4.34. The SMILES string of the molecule is Cc1nc(CCOCC(F)(F)F)[nH]c(=O)c1Br. The van der Waals surface area contributed by atoms with Crippen LogP contribution in [0.25, 0.3) is 0 Å². The maximum Gasteiger partial charge on any atom is 0.411 e. The largest absolute Gasteiger partial charge is 0.411 e. The number of aryl methyl sites for hydroxylation is 1. The van der Waals surface area contributed by atoms with Crippen LogP contribution in [-0.4, -0.2) is 29.4 Å². The van der Waals surface area contributed by atoms with E-state index < -0.39 is 12.8 Å². The number of ether oxygens (including phenoxy) is 1. The molecule has 17 heavy (non-hydrogen) atoms. The zero-order chi connectivity index (χ0) is 13.1. The molecule has 8 heteroatoms. The van der Waals surface area contributed by atoms with Gasteiger partial charge in [0.1, 0.15) is 16.9 Å². The summed E-state index contributed by atoms with van der Waals surface area (Å²) in [6.45, 7) is 0.176. The van der Waals surface area contributed by atoms with Crippen molar-refractivity contribution < 1.29 is 17.9 Å². The van der Waals surface area contributed by atoms with E-state index in [-0.39, 0.29) is 18.6 Å². The van der Waals surface area contributed by atoms with Crippen molar-refractivity contribution in [1.29, 1.82) is 0 Å². The lowest BCUT2D eigenvalue weighted by Crippen LogP contribution is -2.19. The van der Waals surface area contributed by atoms with E-state index in [1.807, 2.05) is 0 Å². The van der Waals surface area contributed by atoms with Crippen molar-refractivity contribution in [2.45, 2.75) is 19.5 Å². The predicted octanol–water partition coefficient (Wildman–Crippen LogP) is 1.96. The van der Waals surface area contributed by atoms with Gasteiger partial charge in [-0.25, -0.2) is 4.98 Å². The van der Waals surface area contributed by atoms with Gasteiger partial charge in [-0.1, -0.05) is 0 Å². The smallest absolute Gasteiger partial charge is 0.372 e. The first-order chi connectivity index (χ1) is 7.79. The first-order valence-electron chi connectivity index (χ1n) is 4.69. The molecule has 0 unspecified atom stereocenters. The van der Waals surface area contributed by atoms with E-state index in [9.17, 15) is 18.0 Å². The minimum Gasteiger partial charge on any atom is -0.372 e. The Labute approximate surface area is 103 Å². The first-order valence-corrected chi connectivity index (χ1v) is 5.48. The van der Waals surface area contributed by atoms with Crippen molar-refractivity contribution in [2.24, 2.45) is 0 Å². The van der Waals surface area contributed by atoms with Crippen LogP contribution >= 0.6 is 15.9 Å². The minimum absolute atomic E-state index is 0.124.